The number of fused-ring (bicyclic) bond motifs is 3. The van der Waals surface area contributed by atoms with Crippen LogP contribution in [0.3, 0.4) is 0 Å². The molecule has 0 unspecified atom stereocenters. The number of ether oxygens (including phenoxy) is 3. The van der Waals surface area contributed by atoms with E-state index in [1.54, 1.807) is 0 Å². The van der Waals surface area contributed by atoms with E-state index in [1.165, 1.54) is 0 Å². The second-order valence-corrected chi connectivity index (χ2v) is 4.96. The lowest BCUT2D eigenvalue weighted by Gasteiger charge is -2.25. The Labute approximate surface area is 123 Å². The molecule has 0 amide bonds. The van der Waals surface area contributed by atoms with Gasteiger partial charge in [0.2, 0.25) is 5.72 Å². The smallest absolute Gasteiger partial charge is 0.357 e. The largest absolute Gasteiger partial charge is 0.464 e. The van der Waals surface area contributed by atoms with Gasteiger partial charge in [-0.1, -0.05) is 0 Å². The Morgan fingerprint density at radius 1 is 1.55 bits per heavy atom. The van der Waals surface area contributed by atoms with Crippen molar-refractivity contribution in [3.63, 3.8) is 0 Å². The lowest BCUT2D eigenvalue weighted by atomic mass is 10.0. The van der Waals surface area contributed by atoms with Crippen LogP contribution in [-0.4, -0.2) is 69.5 Å². The Morgan fingerprint density at radius 3 is 2.86 bits per heavy atom. The standard InChI is InChI=1S/C12H14N2O8/c1-20-10(19)5-2-7(17)14-11(13-5)21-9-8(18)6(3-15)22-12(9,14)4-16/h2,6,8-9,15-16,18H,3-4H2,1H3/t6-,8-,9+,12-/m1/s1. The number of hydrogen-bond donors (Lipinski definition) is 3. The molecule has 10 heteroatoms. The highest BCUT2D eigenvalue weighted by Crippen LogP contribution is 2.43. The molecule has 0 aliphatic carbocycles. The van der Waals surface area contributed by atoms with Crippen LogP contribution >= 0.6 is 0 Å². The summed E-state index contributed by atoms with van der Waals surface area (Å²) in [5, 5.41) is 28.9. The first-order chi connectivity index (χ1) is 10.5. The van der Waals surface area contributed by atoms with Crippen molar-refractivity contribution in [2.45, 2.75) is 24.0 Å². The molecular formula is C12H14N2O8. The molecule has 1 aromatic rings. The summed E-state index contributed by atoms with van der Waals surface area (Å²) in [7, 11) is 1.14. The minimum absolute atomic E-state index is 0.264. The maximum absolute atomic E-state index is 12.3. The Morgan fingerprint density at radius 2 is 2.27 bits per heavy atom. The summed E-state index contributed by atoms with van der Waals surface area (Å²) >= 11 is 0. The van der Waals surface area contributed by atoms with E-state index < -0.39 is 48.8 Å². The van der Waals surface area contributed by atoms with Crippen molar-refractivity contribution in [2.24, 2.45) is 0 Å². The lowest BCUT2D eigenvalue weighted by Crippen LogP contribution is -2.49. The first-order valence-corrected chi connectivity index (χ1v) is 6.45. The van der Waals surface area contributed by atoms with Gasteiger partial charge in [-0.3, -0.25) is 4.79 Å². The molecule has 1 saturated heterocycles. The molecule has 0 aromatic carbocycles. The van der Waals surface area contributed by atoms with Crippen LogP contribution in [0.1, 0.15) is 10.5 Å². The highest BCUT2D eigenvalue weighted by Gasteiger charge is 2.63. The number of methoxy groups -OCH3 is 1. The number of hydrogen-bond acceptors (Lipinski definition) is 9. The first kappa shape index (κ1) is 14.9. The number of aromatic nitrogens is 2. The summed E-state index contributed by atoms with van der Waals surface area (Å²) < 4.78 is 16.2. The molecular weight excluding hydrogens is 300 g/mol. The summed E-state index contributed by atoms with van der Waals surface area (Å²) in [6.45, 7) is -1.20. The van der Waals surface area contributed by atoms with Gasteiger partial charge in [0.05, 0.1) is 20.3 Å². The number of esters is 1. The van der Waals surface area contributed by atoms with Gasteiger partial charge >= 0.3 is 12.0 Å². The predicted molar refractivity (Wildman–Crippen MR) is 67.3 cm³/mol. The normalized spacial score (nSPS) is 32.3. The van der Waals surface area contributed by atoms with Crippen LogP contribution in [-0.2, 0) is 15.2 Å². The number of nitrogens with zero attached hydrogens (tertiary/aromatic N) is 2. The molecule has 0 bridgehead atoms. The van der Waals surface area contributed by atoms with E-state index in [4.69, 9.17) is 9.47 Å². The molecule has 3 N–H and O–H groups in total. The zero-order chi connectivity index (χ0) is 16.1. The fourth-order valence-electron chi connectivity index (χ4n) is 2.76. The van der Waals surface area contributed by atoms with Gasteiger partial charge in [0.25, 0.3) is 5.56 Å². The van der Waals surface area contributed by atoms with E-state index in [-0.39, 0.29) is 11.7 Å². The summed E-state index contributed by atoms with van der Waals surface area (Å²) in [6.07, 6.45) is -3.43. The molecule has 4 atom stereocenters. The summed E-state index contributed by atoms with van der Waals surface area (Å²) in [6, 6.07) is 0.642. The maximum Gasteiger partial charge on any atom is 0.357 e. The third kappa shape index (κ3) is 1.78. The molecule has 0 saturated carbocycles. The summed E-state index contributed by atoms with van der Waals surface area (Å²) in [5.41, 5.74) is -2.67. The topological polar surface area (TPSA) is 140 Å². The monoisotopic (exact) mass is 314 g/mol. The van der Waals surface area contributed by atoms with E-state index in [1.807, 2.05) is 0 Å². The molecule has 2 aliphatic heterocycles. The van der Waals surface area contributed by atoms with E-state index in [2.05, 4.69) is 9.72 Å². The molecule has 0 radical (unpaired) electrons. The Balaban J connectivity index is 2.13. The van der Waals surface area contributed by atoms with Crippen molar-refractivity contribution in [3.8, 4) is 6.01 Å². The molecule has 1 aromatic heterocycles. The Bertz CT molecular complexity index is 674. The fourth-order valence-corrected chi connectivity index (χ4v) is 2.76. The molecule has 3 rings (SSSR count). The number of carbonyl (C=O) groups is 1. The molecule has 0 spiro atoms. The molecule has 120 valence electrons. The van der Waals surface area contributed by atoms with Crippen molar-refractivity contribution in [2.75, 3.05) is 20.3 Å². The van der Waals surface area contributed by atoms with Gasteiger partial charge in [-0.15, -0.1) is 0 Å². The van der Waals surface area contributed by atoms with Crippen LogP contribution in [0.5, 0.6) is 6.01 Å². The Kier molecular flexibility index (Phi) is 3.40. The molecule has 2 aliphatic rings. The predicted octanol–water partition coefficient (Wildman–Crippen LogP) is -2.81. The second-order valence-electron chi connectivity index (χ2n) is 4.96. The van der Waals surface area contributed by atoms with E-state index in [9.17, 15) is 24.9 Å². The van der Waals surface area contributed by atoms with Crippen molar-refractivity contribution in [1.29, 1.82) is 0 Å². The zero-order valence-corrected chi connectivity index (χ0v) is 11.5. The summed E-state index contributed by atoms with van der Waals surface area (Å²) in [4.78, 5) is 27.6. The molecule has 1 fully saturated rings. The number of aliphatic hydroxyl groups excluding tert-OH is 3. The molecule has 3 heterocycles. The van der Waals surface area contributed by atoms with Crippen LogP contribution in [0.4, 0.5) is 0 Å². The summed E-state index contributed by atoms with van der Waals surface area (Å²) in [5.74, 6) is -0.825. The average Bonchev–Trinajstić information content (AvgIpc) is 2.98. The number of carbonyl (C=O) groups excluding carboxylic acids is 1. The first-order valence-electron chi connectivity index (χ1n) is 6.45. The van der Waals surface area contributed by atoms with Crippen LogP contribution < -0.4 is 10.3 Å². The van der Waals surface area contributed by atoms with Gasteiger partial charge in [-0.2, -0.15) is 4.98 Å². The van der Waals surface area contributed by atoms with Gasteiger partial charge in [-0.05, 0) is 0 Å². The lowest BCUT2D eigenvalue weighted by molar-refractivity contribution is -0.147. The highest BCUT2D eigenvalue weighted by molar-refractivity contribution is 5.87. The van der Waals surface area contributed by atoms with Gasteiger partial charge in [-0.25, -0.2) is 9.36 Å². The third-order valence-electron chi connectivity index (χ3n) is 3.79. The Hall–Kier alpha value is -2.01. The SMILES string of the molecule is COC(=O)c1cc(=O)n2c(n1)O[C@H]1[C@H](O)[C@@H](CO)O[C@]12CO. The van der Waals surface area contributed by atoms with Gasteiger partial charge in [0, 0.05) is 6.07 Å². The minimum Gasteiger partial charge on any atom is -0.464 e. The van der Waals surface area contributed by atoms with Crippen molar-refractivity contribution >= 4 is 5.97 Å². The maximum atomic E-state index is 12.3. The quantitative estimate of drug-likeness (QED) is 0.504. The van der Waals surface area contributed by atoms with E-state index >= 15 is 0 Å². The van der Waals surface area contributed by atoms with Gasteiger partial charge in [0.1, 0.15) is 12.2 Å². The van der Waals surface area contributed by atoms with Crippen LogP contribution in [0, 0.1) is 0 Å². The third-order valence-corrected chi connectivity index (χ3v) is 3.79. The number of rotatable bonds is 3. The number of aliphatic hydroxyl groups is 3. The van der Waals surface area contributed by atoms with Gasteiger partial charge < -0.3 is 29.5 Å². The zero-order valence-electron chi connectivity index (χ0n) is 11.5. The fraction of sp³-hybridized carbons (Fsp3) is 0.583. The van der Waals surface area contributed by atoms with Crippen molar-refractivity contribution in [1.82, 2.24) is 9.55 Å². The minimum atomic E-state index is -1.69. The van der Waals surface area contributed by atoms with Crippen LogP contribution in [0.2, 0.25) is 0 Å². The highest BCUT2D eigenvalue weighted by atomic mass is 16.6. The molecule has 10 nitrogen and oxygen atoms in total. The molecule has 22 heavy (non-hydrogen) atoms. The van der Waals surface area contributed by atoms with Crippen LogP contribution in [0.25, 0.3) is 0 Å². The second kappa shape index (κ2) is 5.02. The average molecular weight is 314 g/mol. The van der Waals surface area contributed by atoms with E-state index in [0.717, 1.165) is 17.7 Å². The van der Waals surface area contributed by atoms with Gasteiger partial charge in [0.15, 0.2) is 11.8 Å². The van der Waals surface area contributed by atoms with Crippen molar-refractivity contribution < 1.29 is 34.3 Å². The van der Waals surface area contributed by atoms with E-state index in [0.29, 0.717) is 0 Å². The van der Waals surface area contributed by atoms with Crippen molar-refractivity contribution in [3.05, 3.63) is 22.1 Å². The van der Waals surface area contributed by atoms with Crippen LogP contribution in [0.15, 0.2) is 10.9 Å².